The van der Waals surface area contributed by atoms with Crippen molar-refractivity contribution >= 4 is 6.29 Å². The molecule has 1 aliphatic carbocycles. The zero-order valence-corrected chi connectivity index (χ0v) is 7.22. The molecule has 1 rings (SSSR count). The van der Waals surface area contributed by atoms with Gasteiger partial charge in [-0.1, -0.05) is 6.42 Å². The van der Waals surface area contributed by atoms with E-state index < -0.39 is 11.8 Å². The number of carbonyl (C=O) groups excluding carboxylic acids is 1. The summed E-state index contributed by atoms with van der Waals surface area (Å²) in [4.78, 5) is 10.2. The third kappa shape index (κ3) is 2.02. The molecule has 0 amide bonds. The molecule has 1 unspecified atom stereocenters. The van der Waals surface area contributed by atoms with Gasteiger partial charge in [-0.3, -0.25) is 0 Å². The number of alkyl halides is 2. The number of aldehydes is 1. The summed E-state index contributed by atoms with van der Waals surface area (Å²) in [6.45, 7) is 0.916. The van der Waals surface area contributed by atoms with Crippen LogP contribution in [0.2, 0.25) is 0 Å². The monoisotopic (exact) mass is 176 g/mol. The van der Waals surface area contributed by atoms with Gasteiger partial charge in [-0.05, 0) is 25.7 Å². The molecule has 1 saturated carbocycles. The largest absolute Gasteiger partial charge is 0.303 e. The molecule has 0 saturated heterocycles. The SMILES string of the molecule is CC(F)(F)C(CC=O)C1CCC1. The van der Waals surface area contributed by atoms with Crippen LogP contribution in [-0.2, 0) is 4.79 Å². The van der Waals surface area contributed by atoms with Crippen LogP contribution in [0, 0.1) is 11.8 Å². The fourth-order valence-corrected chi connectivity index (χ4v) is 1.76. The molecule has 3 heteroatoms. The van der Waals surface area contributed by atoms with E-state index in [0.717, 1.165) is 26.2 Å². The van der Waals surface area contributed by atoms with Gasteiger partial charge in [0.05, 0.1) is 0 Å². The van der Waals surface area contributed by atoms with Gasteiger partial charge in [0.15, 0.2) is 0 Å². The second-order valence-electron chi connectivity index (χ2n) is 3.66. The zero-order chi connectivity index (χ0) is 9.19. The lowest BCUT2D eigenvalue weighted by Crippen LogP contribution is -2.35. The molecule has 0 heterocycles. The first-order valence-electron chi connectivity index (χ1n) is 4.37. The quantitative estimate of drug-likeness (QED) is 0.602. The van der Waals surface area contributed by atoms with Crippen molar-refractivity contribution in [1.82, 2.24) is 0 Å². The van der Waals surface area contributed by atoms with Crippen molar-refractivity contribution in [3.8, 4) is 0 Å². The number of hydrogen-bond donors (Lipinski definition) is 0. The topological polar surface area (TPSA) is 17.1 Å². The molecular weight excluding hydrogens is 162 g/mol. The Morgan fingerprint density at radius 2 is 2.17 bits per heavy atom. The Balaban J connectivity index is 2.53. The van der Waals surface area contributed by atoms with Crippen molar-refractivity contribution in [3.63, 3.8) is 0 Å². The smallest absolute Gasteiger partial charge is 0.248 e. The van der Waals surface area contributed by atoms with Crippen LogP contribution in [0.15, 0.2) is 0 Å². The minimum absolute atomic E-state index is 0.00810. The van der Waals surface area contributed by atoms with Gasteiger partial charge in [-0.15, -0.1) is 0 Å². The molecule has 0 aromatic rings. The molecule has 12 heavy (non-hydrogen) atoms. The third-order valence-electron chi connectivity index (χ3n) is 2.72. The Kier molecular flexibility index (Phi) is 2.80. The Bertz CT molecular complexity index is 158. The second-order valence-corrected chi connectivity index (χ2v) is 3.66. The normalized spacial score (nSPS) is 21.6. The van der Waals surface area contributed by atoms with Crippen LogP contribution >= 0.6 is 0 Å². The minimum Gasteiger partial charge on any atom is -0.303 e. The first kappa shape index (κ1) is 9.62. The van der Waals surface area contributed by atoms with E-state index >= 15 is 0 Å². The van der Waals surface area contributed by atoms with Gasteiger partial charge in [0.2, 0.25) is 5.92 Å². The summed E-state index contributed by atoms with van der Waals surface area (Å²) in [6, 6.07) is 0. The van der Waals surface area contributed by atoms with Crippen LogP contribution in [0.1, 0.15) is 32.6 Å². The molecule has 0 aliphatic heterocycles. The summed E-state index contributed by atoms with van der Waals surface area (Å²) in [7, 11) is 0. The summed E-state index contributed by atoms with van der Waals surface area (Å²) >= 11 is 0. The van der Waals surface area contributed by atoms with Gasteiger partial charge in [0, 0.05) is 12.3 Å². The van der Waals surface area contributed by atoms with Crippen molar-refractivity contribution < 1.29 is 13.6 Å². The molecule has 1 fully saturated rings. The molecule has 1 nitrogen and oxygen atoms in total. The average Bonchev–Trinajstić information content (AvgIpc) is 1.80. The number of hydrogen-bond acceptors (Lipinski definition) is 1. The van der Waals surface area contributed by atoms with E-state index in [1.807, 2.05) is 0 Å². The highest BCUT2D eigenvalue weighted by atomic mass is 19.3. The van der Waals surface area contributed by atoms with Gasteiger partial charge in [-0.25, -0.2) is 8.78 Å². The Labute approximate surface area is 71.1 Å². The van der Waals surface area contributed by atoms with Gasteiger partial charge in [-0.2, -0.15) is 0 Å². The Hall–Kier alpha value is -0.470. The van der Waals surface area contributed by atoms with E-state index in [1.165, 1.54) is 0 Å². The third-order valence-corrected chi connectivity index (χ3v) is 2.72. The summed E-state index contributed by atoms with van der Waals surface area (Å²) < 4.78 is 25.8. The van der Waals surface area contributed by atoms with Crippen molar-refractivity contribution in [3.05, 3.63) is 0 Å². The van der Waals surface area contributed by atoms with E-state index in [-0.39, 0.29) is 12.3 Å². The summed E-state index contributed by atoms with van der Waals surface area (Å²) in [5.41, 5.74) is 0. The maximum Gasteiger partial charge on any atom is 0.248 e. The highest BCUT2D eigenvalue weighted by Crippen LogP contribution is 2.42. The van der Waals surface area contributed by atoms with E-state index in [9.17, 15) is 13.6 Å². The van der Waals surface area contributed by atoms with Gasteiger partial charge < -0.3 is 4.79 Å². The maximum absolute atomic E-state index is 12.9. The minimum atomic E-state index is -2.69. The first-order valence-corrected chi connectivity index (χ1v) is 4.37. The molecule has 0 aromatic heterocycles. The number of carbonyl (C=O) groups is 1. The number of rotatable bonds is 4. The highest BCUT2D eigenvalue weighted by Gasteiger charge is 2.41. The molecular formula is C9H14F2O. The predicted octanol–water partition coefficient (Wildman–Crippen LogP) is 2.65. The molecule has 0 bridgehead atoms. The standard InChI is InChI=1S/C9H14F2O/c1-9(10,11)8(5-6-12)7-3-2-4-7/h6-8H,2-5H2,1H3. The lowest BCUT2D eigenvalue weighted by molar-refractivity contribution is -0.118. The highest BCUT2D eigenvalue weighted by molar-refractivity contribution is 5.50. The predicted molar refractivity (Wildman–Crippen MR) is 42.1 cm³/mol. The van der Waals surface area contributed by atoms with Crippen molar-refractivity contribution in [1.29, 1.82) is 0 Å². The van der Waals surface area contributed by atoms with Gasteiger partial charge >= 0.3 is 0 Å². The fourth-order valence-electron chi connectivity index (χ4n) is 1.76. The Morgan fingerprint density at radius 1 is 1.58 bits per heavy atom. The van der Waals surface area contributed by atoms with Crippen LogP contribution in [0.25, 0.3) is 0 Å². The van der Waals surface area contributed by atoms with Crippen molar-refractivity contribution in [2.24, 2.45) is 11.8 Å². The van der Waals surface area contributed by atoms with Gasteiger partial charge in [0.1, 0.15) is 6.29 Å². The number of halogens is 2. The molecule has 0 spiro atoms. The Morgan fingerprint density at radius 3 is 2.42 bits per heavy atom. The van der Waals surface area contributed by atoms with Crippen LogP contribution < -0.4 is 0 Å². The molecule has 70 valence electrons. The van der Waals surface area contributed by atoms with E-state index in [0.29, 0.717) is 6.29 Å². The molecule has 1 aliphatic rings. The van der Waals surface area contributed by atoms with Crippen LogP contribution in [0.4, 0.5) is 8.78 Å². The van der Waals surface area contributed by atoms with E-state index in [4.69, 9.17) is 0 Å². The van der Waals surface area contributed by atoms with Crippen molar-refractivity contribution in [2.45, 2.75) is 38.5 Å². The summed E-state index contributed by atoms with van der Waals surface area (Å²) in [6.07, 6.45) is 3.38. The van der Waals surface area contributed by atoms with E-state index in [1.54, 1.807) is 0 Å². The van der Waals surface area contributed by atoms with Crippen molar-refractivity contribution in [2.75, 3.05) is 0 Å². The zero-order valence-electron chi connectivity index (χ0n) is 7.22. The van der Waals surface area contributed by atoms with Crippen LogP contribution in [0.5, 0.6) is 0 Å². The molecule has 0 radical (unpaired) electrons. The summed E-state index contributed by atoms with van der Waals surface area (Å²) in [5.74, 6) is -3.33. The van der Waals surface area contributed by atoms with Crippen LogP contribution in [0.3, 0.4) is 0 Å². The molecule has 0 N–H and O–H groups in total. The lowest BCUT2D eigenvalue weighted by Gasteiger charge is -2.36. The first-order chi connectivity index (χ1) is 5.55. The summed E-state index contributed by atoms with van der Waals surface area (Å²) in [5, 5.41) is 0. The maximum atomic E-state index is 12.9. The lowest BCUT2D eigenvalue weighted by atomic mass is 9.72. The second kappa shape index (κ2) is 3.50. The average molecular weight is 176 g/mol. The molecule has 0 aromatic carbocycles. The fraction of sp³-hybridized carbons (Fsp3) is 0.889. The van der Waals surface area contributed by atoms with E-state index in [2.05, 4.69) is 0 Å². The van der Waals surface area contributed by atoms with Crippen LogP contribution in [-0.4, -0.2) is 12.2 Å². The molecule has 1 atom stereocenters. The van der Waals surface area contributed by atoms with Gasteiger partial charge in [0.25, 0.3) is 0 Å².